The van der Waals surface area contributed by atoms with Gasteiger partial charge in [-0.15, -0.1) is 0 Å². The fourth-order valence-electron chi connectivity index (χ4n) is 2.14. The minimum absolute atomic E-state index is 0.0943. The van der Waals surface area contributed by atoms with E-state index in [4.69, 9.17) is 0 Å². The Balaban J connectivity index is 2.85. The number of rotatable bonds is 5. The van der Waals surface area contributed by atoms with E-state index in [1.165, 1.54) is 11.3 Å². The van der Waals surface area contributed by atoms with E-state index in [0.29, 0.717) is 6.54 Å². The van der Waals surface area contributed by atoms with Gasteiger partial charge in [-0.1, -0.05) is 13.8 Å². The monoisotopic (exact) mass is 251 g/mol. The van der Waals surface area contributed by atoms with Crippen molar-refractivity contribution in [1.29, 1.82) is 0 Å². The first-order valence-electron chi connectivity index (χ1n) is 6.70. The van der Waals surface area contributed by atoms with Gasteiger partial charge < -0.3 is 4.90 Å². The molecule has 0 aliphatic heterocycles. The maximum Gasteiger partial charge on any atom is 0.225 e. The Morgan fingerprint density at radius 2 is 2.00 bits per heavy atom. The number of amides is 1. The number of carbonyl (C=O) groups excluding carboxylic acids is 1. The van der Waals surface area contributed by atoms with Gasteiger partial charge in [-0.25, -0.2) is 0 Å². The maximum absolute atomic E-state index is 12.1. The summed E-state index contributed by atoms with van der Waals surface area (Å²) in [5.41, 5.74) is 3.37. The highest BCUT2D eigenvalue weighted by molar-refractivity contribution is 5.78. The minimum atomic E-state index is 0.0943. The lowest BCUT2D eigenvalue weighted by Gasteiger charge is -2.21. The van der Waals surface area contributed by atoms with Crippen LogP contribution in [0.25, 0.3) is 0 Å². The van der Waals surface area contributed by atoms with Crippen molar-refractivity contribution in [3.05, 3.63) is 17.0 Å². The van der Waals surface area contributed by atoms with Crippen molar-refractivity contribution in [2.75, 3.05) is 7.05 Å². The maximum atomic E-state index is 12.1. The molecular formula is C14H25N3O. The predicted octanol–water partition coefficient (Wildman–Crippen LogP) is 2.52. The summed E-state index contributed by atoms with van der Waals surface area (Å²) >= 11 is 0. The average Bonchev–Trinajstić information content (AvgIpc) is 2.63. The third-order valence-electron chi connectivity index (χ3n) is 3.64. The van der Waals surface area contributed by atoms with E-state index in [-0.39, 0.29) is 11.8 Å². The number of aromatic nitrogens is 2. The van der Waals surface area contributed by atoms with Crippen LogP contribution in [-0.2, 0) is 17.9 Å². The first-order valence-corrected chi connectivity index (χ1v) is 6.70. The van der Waals surface area contributed by atoms with E-state index in [2.05, 4.69) is 18.9 Å². The van der Waals surface area contributed by atoms with Gasteiger partial charge in [0.1, 0.15) is 0 Å². The second kappa shape index (κ2) is 6.03. The molecule has 0 aromatic carbocycles. The summed E-state index contributed by atoms with van der Waals surface area (Å²) in [7, 11) is 1.87. The molecule has 0 saturated carbocycles. The van der Waals surface area contributed by atoms with Crippen LogP contribution >= 0.6 is 0 Å². The molecule has 18 heavy (non-hydrogen) atoms. The summed E-state index contributed by atoms with van der Waals surface area (Å²) in [6.07, 6.45) is 0.884. The Bertz CT molecular complexity index is 423. The molecule has 0 unspecified atom stereocenters. The van der Waals surface area contributed by atoms with Gasteiger partial charge in [-0.2, -0.15) is 5.10 Å². The van der Waals surface area contributed by atoms with Gasteiger partial charge in [0.15, 0.2) is 0 Å². The molecule has 0 fully saturated rings. The van der Waals surface area contributed by atoms with Crippen molar-refractivity contribution in [2.24, 2.45) is 5.92 Å². The normalized spacial score (nSPS) is 12.6. The second-order valence-electron chi connectivity index (χ2n) is 4.97. The molecule has 1 aromatic heterocycles. The molecule has 0 aliphatic rings. The average molecular weight is 251 g/mol. The smallest absolute Gasteiger partial charge is 0.225 e. The molecule has 1 rings (SSSR count). The van der Waals surface area contributed by atoms with Crippen molar-refractivity contribution in [1.82, 2.24) is 14.7 Å². The molecule has 1 heterocycles. The molecular weight excluding hydrogens is 226 g/mol. The van der Waals surface area contributed by atoms with Gasteiger partial charge in [0.25, 0.3) is 0 Å². The van der Waals surface area contributed by atoms with Gasteiger partial charge in [-0.3, -0.25) is 9.48 Å². The van der Waals surface area contributed by atoms with Crippen LogP contribution in [0.2, 0.25) is 0 Å². The summed E-state index contributed by atoms with van der Waals surface area (Å²) in [6, 6.07) is 0. The molecule has 4 nitrogen and oxygen atoms in total. The summed E-state index contributed by atoms with van der Waals surface area (Å²) in [4.78, 5) is 13.9. The topological polar surface area (TPSA) is 38.1 Å². The van der Waals surface area contributed by atoms with E-state index < -0.39 is 0 Å². The van der Waals surface area contributed by atoms with E-state index in [1.54, 1.807) is 0 Å². The summed E-state index contributed by atoms with van der Waals surface area (Å²) in [5, 5.41) is 4.48. The zero-order chi connectivity index (χ0) is 13.9. The SMILES string of the molecule is CC[C@@H](C)C(=O)N(C)Cc1c(C)nn(CC)c1C. The quantitative estimate of drug-likeness (QED) is 0.806. The third kappa shape index (κ3) is 2.92. The Morgan fingerprint density at radius 3 is 2.44 bits per heavy atom. The van der Waals surface area contributed by atoms with Crippen LogP contribution in [0.1, 0.15) is 44.1 Å². The van der Waals surface area contributed by atoms with Crippen LogP contribution < -0.4 is 0 Å². The number of hydrogen-bond donors (Lipinski definition) is 0. The second-order valence-corrected chi connectivity index (χ2v) is 4.97. The van der Waals surface area contributed by atoms with Crippen LogP contribution in [-0.4, -0.2) is 27.6 Å². The van der Waals surface area contributed by atoms with Gasteiger partial charge in [-0.05, 0) is 27.2 Å². The van der Waals surface area contributed by atoms with E-state index in [1.807, 2.05) is 37.4 Å². The van der Waals surface area contributed by atoms with E-state index >= 15 is 0 Å². The van der Waals surface area contributed by atoms with E-state index in [9.17, 15) is 4.79 Å². The molecule has 1 amide bonds. The number of carbonyl (C=O) groups is 1. The molecule has 102 valence electrons. The van der Waals surface area contributed by atoms with Crippen molar-refractivity contribution in [2.45, 2.75) is 54.1 Å². The molecule has 0 bridgehead atoms. The standard InChI is InChI=1S/C14H25N3O/c1-7-10(3)14(18)16(6)9-13-11(4)15-17(8-2)12(13)5/h10H,7-9H2,1-6H3/t10-/m1/s1. The summed E-state index contributed by atoms with van der Waals surface area (Å²) in [5.74, 6) is 0.303. The third-order valence-corrected chi connectivity index (χ3v) is 3.64. The van der Waals surface area contributed by atoms with Gasteiger partial charge in [0.05, 0.1) is 5.69 Å². The molecule has 4 heteroatoms. The molecule has 0 saturated heterocycles. The van der Waals surface area contributed by atoms with Gasteiger partial charge in [0.2, 0.25) is 5.91 Å². The van der Waals surface area contributed by atoms with Crippen LogP contribution in [0, 0.1) is 19.8 Å². The molecule has 0 N–H and O–H groups in total. The highest BCUT2D eigenvalue weighted by atomic mass is 16.2. The molecule has 0 radical (unpaired) electrons. The first-order chi connectivity index (χ1) is 8.42. The highest BCUT2D eigenvalue weighted by Crippen LogP contribution is 2.16. The highest BCUT2D eigenvalue weighted by Gasteiger charge is 2.19. The Labute approximate surface area is 110 Å². The van der Waals surface area contributed by atoms with Crippen LogP contribution in [0.15, 0.2) is 0 Å². The summed E-state index contributed by atoms with van der Waals surface area (Å²) in [6.45, 7) is 11.7. The largest absolute Gasteiger partial charge is 0.341 e. The minimum Gasteiger partial charge on any atom is -0.341 e. The fourth-order valence-corrected chi connectivity index (χ4v) is 2.14. The Kier molecular flexibility index (Phi) is 4.93. The number of hydrogen-bond acceptors (Lipinski definition) is 2. The van der Waals surface area contributed by atoms with Crippen molar-refractivity contribution in [3.8, 4) is 0 Å². The molecule has 1 aromatic rings. The number of aryl methyl sites for hydroxylation is 2. The lowest BCUT2D eigenvalue weighted by atomic mass is 10.1. The summed E-state index contributed by atoms with van der Waals surface area (Å²) < 4.78 is 1.99. The van der Waals surface area contributed by atoms with Gasteiger partial charge >= 0.3 is 0 Å². The Morgan fingerprint density at radius 1 is 1.39 bits per heavy atom. The van der Waals surface area contributed by atoms with Crippen LogP contribution in [0.5, 0.6) is 0 Å². The van der Waals surface area contributed by atoms with Crippen molar-refractivity contribution < 1.29 is 4.79 Å². The number of nitrogens with zero attached hydrogens (tertiary/aromatic N) is 3. The molecule has 0 aliphatic carbocycles. The van der Waals surface area contributed by atoms with E-state index in [0.717, 1.165) is 18.7 Å². The van der Waals surface area contributed by atoms with Gasteiger partial charge in [0, 0.05) is 37.3 Å². The fraction of sp³-hybridized carbons (Fsp3) is 0.714. The molecule has 1 atom stereocenters. The van der Waals surface area contributed by atoms with Crippen molar-refractivity contribution in [3.63, 3.8) is 0 Å². The van der Waals surface area contributed by atoms with Crippen LogP contribution in [0.3, 0.4) is 0 Å². The van der Waals surface area contributed by atoms with Crippen LogP contribution in [0.4, 0.5) is 0 Å². The predicted molar refractivity (Wildman–Crippen MR) is 73.3 cm³/mol. The lowest BCUT2D eigenvalue weighted by Crippen LogP contribution is -2.31. The zero-order valence-corrected chi connectivity index (χ0v) is 12.4. The Hall–Kier alpha value is -1.32. The lowest BCUT2D eigenvalue weighted by molar-refractivity contribution is -0.134. The zero-order valence-electron chi connectivity index (χ0n) is 12.4. The molecule has 0 spiro atoms. The van der Waals surface area contributed by atoms with Crippen molar-refractivity contribution >= 4 is 5.91 Å². The first kappa shape index (κ1) is 14.7.